The predicted molar refractivity (Wildman–Crippen MR) is 108 cm³/mol. The van der Waals surface area contributed by atoms with E-state index < -0.39 is 17.7 Å². The largest absolute Gasteiger partial charge is 0.382 e. The molecule has 3 rings (SSSR count). The van der Waals surface area contributed by atoms with Gasteiger partial charge in [0.2, 0.25) is 0 Å². The number of hydrogen-bond donors (Lipinski definition) is 4. The number of carbonyl (C=O) groups is 1. The Labute approximate surface area is 172 Å². The minimum absolute atomic E-state index is 0.190. The van der Waals surface area contributed by atoms with Crippen LogP contribution in [0.1, 0.15) is 17.4 Å². The maximum absolute atomic E-state index is 12.5. The Morgan fingerprint density at radius 1 is 1.18 bits per heavy atom. The molecule has 3 aromatic rings. The van der Waals surface area contributed by atoms with Crippen LogP contribution in [0, 0.1) is 0 Å². The molecule has 0 saturated carbocycles. The number of amides is 2. The standard InChI is InChI=1S/C17H12Cl3N5O3/c18-8-2-4-11-12(6-8)23-16(27)14(22-11)13(24-25-17(21)28)15(26)7-1-3-9(19)10(20)5-7/h1-6,15,26H,(H,23,27)(H3,21,25,28)/b24-13+/t15-/m1/s1. The van der Waals surface area contributed by atoms with Crippen molar-refractivity contribution in [3.8, 4) is 0 Å². The summed E-state index contributed by atoms with van der Waals surface area (Å²) in [5.41, 5.74) is 7.00. The fourth-order valence-electron chi connectivity index (χ4n) is 2.43. The van der Waals surface area contributed by atoms with Crippen LogP contribution >= 0.6 is 34.8 Å². The molecule has 11 heteroatoms. The van der Waals surface area contributed by atoms with Gasteiger partial charge in [-0.15, -0.1) is 0 Å². The van der Waals surface area contributed by atoms with E-state index in [-0.39, 0.29) is 27.0 Å². The van der Waals surface area contributed by atoms with Crippen LogP contribution in [0.3, 0.4) is 0 Å². The summed E-state index contributed by atoms with van der Waals surface area (Å²) in [7, 11) is 0. The number of nitrogens with zero attached hydrogens (tertiary/aromatic N) is 2. The number of aromatic nitrogens is 2. The van der Waals surface area contributed by atoms with Gasteiger partial charge in [0, 0.05) is 5.02 Å². The summed E-state index contributed by atoms with van der Waals surface area (Å²) in [6.45, 7) is 0. The fourth-order valence-corrected chi connectivity index (χ4v) is 2.91. The first-order chi connectivity index (χ1) is 13.3. The molecule has 0 saturated heterocycles. The second kappa shape index (κ2) is 8.15. The highest BCUT2D eigenvalue weighted by molar-refractivity contribution is 6.42. The SMILES string of the molecule is NC(=O)N/N=C(\c1nc2ccc(Cl)cc2[nH]c1=O)[C@H](O)c1ccc(Cl)c(Cl)c1. The molecule has 0 fully saturated rings. The first-order valence-corrected chi connectivity index (χ1v) is 8.85. The number of urea groups is 1. The number of aliphatic hydroxyl groups excluding tert-OH is 1. The number of nitrogens with one attached hydrogen (secondary N) is 2. The second-order valence-electron chi connectivity index (χ2n) is 5.63. The molecule has 5 N–H and O–H groups in total. The average Bonchev–Trinajstić information content (AvgIpc) is 2.64. The van der Waals surface area contributed by atoms with E-state index in [0.717, 1.165) is 0 Å². The fraction of sp³-hybridized carbons (Fsp3) is 0.0588. The van der Waals surface area contributed by atoms with Crippen molar-refractivity contribution in [2.75, 3.05) is 0 Å². The second-order valence-corrected chi connectivity index (χ2v) is 6.88. The summed E-state index contributed by atoms with van der Waals surface area (Å²) >= 11 is 17.8. The van der Waals surface area contributed by atoms with Crippen LogP contribution in [0.2, 0.25) is 15.1 Å². The van der Waals surface area contributed by atoms with Gasteiger partial charge in [-0.25, -0.2) is 15.2 Å². The Kier molecular flexibility index (Phi) is 5.85. The van der Waals surface area contributed by atoms with Gasteiger partial charge in [-0.2, -0.15) is 5.10 Å². The van der Waals surface area contributed by atoms with Crippen molar-refractivity contribution in [1.82, 2.24) is 15.4 Å². The lowest BCUT2D eigenvalue weighted by molar-refractivity contribution is 0.243. The van der Waals surface area contributed by atoms with Crippen molar-refractivity contribution in [3.05, 3.63) is 73.1 Å². The lowest BCUT2D eigenvalue weighted by Crippen LogP contribution is -2.31. The summed E-state index contributed by atoms with van der Waals surface area (Å²) in [4.78, 5) is 30.5. The zero-order chi connectivity index (χ0) is 20.4. The highest BCUT2D eigenvalue weighted by atomic mass is 35.5. The number of carbonyl (C=O) groups excluding carboxylic acids is 1. The molecular weight excluding hydrogens is 429 g/mol. The van der Waals surface area contributed by atoms with Crippen LogP contribution in [0.15, 0.2) is 46.3 Å². The number of hydrogen-bond acceptors (Lipinski definition) is 5. The lowest BCUT2D eigenvalue weighted by Gasteiger charge is -2.14. The number of aromatic amines is 1. The molecular formula is C17H12Cl3N5O3. The van der Waals surface area contributed by atoms with Gasteiger partial charge >= 0.3 is 6.03 Å². The van der Waals surface area contributed by atoms with Crippen molar-refractivity contribution in [1.29, 1.82) is 0 Å². The van der Waals surface area contributed by atoms with E-state index in [1.54, 1.807) is 12.1 Å². The molecule has 8 nitrogen and oxygen atoms in total. The van der Waals surface area contributed by atoms with Crippen molar-refractivity contribution in [2.24, 2.45) is 10.8 Å². The summed E-state index contributed by atoms with van der Waals surface area (Å²) in [5, 5.41) is 15.4. The molecule has 1 aromatic heterocycles. The van der Waals surface area contributed by atoms with Crippen LogP contribution in [0.25, 0.3) is 11.0 Å². The van der Waals surface area contributed by atoms with E-state index in [9.17, 15) is 14.7 Å². The number of halogens is 3. The van der Waals surface area contributed by atoms with Gasteiger partial charge < -0.3 is 15.8 Å². The maximum Gasteiger partial charge on any atom is 0.332 e. The van der Waals surface area contributed by atoms with E-state index in [0.29, 0.717) is 16.1 Å². The van der Waals surface area contributed by atoms with E-state index in [1.807, 2.05) is 5.43 Å². The Bertz CT molecular complexity index is 1160. The topological polar surface area (TPSA) is 133 Å². The van der Waals surface area contributed by atoms with Gasteiger partial charge in [0.15, 0.2) is 5.69 Å². The third-order valence-corrected chi connectivity index (χ3v) is 4.68. The molecule has 0 radical (unpaired) electrons. The van der Waals surface area contributed by atoms with E-state index in [4.69, 9.17) is 40.5 Å². The van der Waals surface area contributed by atoms with Crippen LogP contribution < -0.4 is 16.7 Å². The molecule has 2 aromatic carbocycles. The quantitative estimate of drug-likeness (QED) is 0.366. The third-order valence-electron chi connectivity index (χ3n) is 3.70. The summed E-state index contributed by atoms with van der Waals surface area (Å²) in [6.07, 6.45) is -1.46. The van der Waals surface area contributed by atoms with Gasteiger partial charge in [-0.1, -0.05) is 40.9 Å². The maximum atomic E-state index is 12.5. The van der Waals surface area contributed by atoms with E-state index in [2.05, 4.69) is 15.1 Å². The van der Waals surface area contributed by atoms with Crippen molar-refractivity contribution in [3.63, 3.8) is 0 Å². The molecule has 0 spiro atoms. The van der Waals surface area contributed by atoms with Gasteiger partial charge in [0.25, 0.3) is 5.56 Å². The molecule has 0 aliphatic rings. The van der Waals surface area contributed by atoms with Crippen LogP contribution in [-0.4, -0.2) is 26.8 Å². The van der Waals surface area contributed by atoms with Crippen LogP contribution in [0.4, 0.5) is 4.79 Å². The summed E-state index contributed by atoms with van der Waals surface area (Å²) in [5.74, 6) is 0. The smallest absolute Gasteiger partial charge is 0.332 e. The number of aliphatic hydroxyl groups is 1. The Balaban J connectivity index is 2.16. The van der Waals surface area contributed by atoms with Gasteiger partial charge in [-0.05, 0) is 35.9 Å². The zero-order valence-corrected chi connectivity index (χ0v) is 16.2. The molecule has 2 amide bonds. The molecule has 0 aliphatic heterocycles. The third kappa shape index (κ3) is 4.26. The molecule has 28 heavy (non-hydrogen) atoms. The number of hydrazone groups is 1. The Morgan fingerprint density at radius 3 is 2.61 bits per heavy atom. The summed E-state index contributed by atoms with van der Waals surface area (Å²) in [6, 6.07) is 8.10. The lowest BCUT2D eigenvalue weighted by atomic mass is 10.0. The zero-order valence-electron chi connectivity index (χ0n) is 13.9. The molecule has 0 unspecified atom stereocenters. The van der Waals surface area contributed by atoms with Crippen molar-refractivity contribution < 1.29 is 9.90 Å². The number of nitrogens with two attached hydrogens (primary N) is 1. The minimum atomic E-state index is -1.46. The Hall–Kier alpha value is -2.65. The van der Waals surface area contributed by atoms with Gasteiger partial charge in [0.05, 0.1) is 21.1 Å². The van der Waals surface area contributed by atoms with Crippen molar-refractivity contribution >= 4 is 57.6 Å². The Morgan fingerprint density at radius 2 is 1.93 bits per heavy atom. The van der Waals surface area contributed by atoms with Gasteiger partial charge in [0.1, 0.15) is 11.8 Å². The highest BCUT2D eigenvalue weighted by Crippen LogP contribution is 2.27. The molecule has 0 aliphatic carbocycles. The first-order valence-electron chi connectivity index (χ1n) is 7.72. The molecule has 0 bridgehead atoms. The van der Waals surface area contributed by atoms with Crippen molar-refractivity contribution in [2.45, 2.75) is 6.10 Å². The number of rotatable bonds is 4. The van der Waals surface area contributed by atoms with Crippen LogP contribution in [0.5, 0.6) is 0 Å². The first kappa shape index (κ1) is 20.1. The average molecular weight is 441 g/mol. The summed E-state index contributed by atoms with van der Waals surface area (Å²) < 4.78 is 0. The predicted octanol–water partition coefficient (Wildman–Crippen LogP) is 2.99. The number of fused-ring (bicyclic) bond motifs is 1. The number of benzene rings is 2. The van der Waals surface area contributed by atoms with E-state index in [1.165, 1.54) is 24.3 Å². The highest BCUT2D eigenvalue weighted by Gasteiger charge is 2.23. The number of primary amides is 1. The number of H-pyrrole nitrogens is 1. The molecule has 1 atom stereocenters. The molecule has 1 heterocycles. The normalized spacial score (nSPS) is 12.8. The molecule has 144 valence electrons. The van der Waals surface area contributed by atoms with Crippen LogP contribution in [-0.2, 0) is 0 Å². The van der Waals surface area contributed by atoms with E-state index >= 15 is 0 Å². The van der Waals surface area contributed by atoms with Gasteiger partial charge in [-0.3, -0.25) is 4.79 Å². The monoisotopic (exact) mass is 439 g/mol. The minimum Gasteiger partial charge on any atom is -0.382 e.